The molecule has 5 nitrogen and oxygen atoms in total. The van der Waals surface area contributed by atoms with E-state index in [4.69, 9.17) is 11.6 Å². The van der Waals surface area contributed by atoms with E-state index in [1.807, 2.05) is 0 Å². The Morgan fingerprint density at radius 2 is 2.10 bits per heavy atom. The summed E-state index contributed by atoms with van der Waals surface area (Å²) in [7, 11) is 0. The van der Waals surface area contributed by atoms with Gasteiger partial charge in [-0.1, -0.05) is 0 Å². The van der Waals surface area contributed by atoms with E-state index in [0.29, 0.717) is 11.5 Å². The summed E-state index contributed by atoms with van der Waals surface area (Å²) in [6.45, 7) is 0. The summed E-state index contributed by atoms with van der Waals surface area (Å²) < 4.78 is 13.7. The van der Waals surface area contributed by atoms with Crippen LogP contribution in [-0.4, -0.2) is 15.0 Å². The summed E-state index contributed by atoms with van der Waals surface area (Å²) in [6.07, 6.45) is 2.54. The van der Waals surface area contributed by atoms with Gasteiger partial charge < -0.3 is 10.3 Å². The van der Waals surface area contributed by atoms with Crippen molar-refractivity contribution in [1.82, 2.24) is 15.0 Å². The molecule has 0 aliphatic rings. The molecular formula is C13H8ClFN4O. The van der Waals surface area contributed by atoms with Crippen LogP contribution in [-0.2, 0) is 0 Å². The van der Waals surface area contributed by atoms with Gasteiger partial charge >= 0.3 is 0 Å². The first-order valence-electron chi connectivity index (χ1n) is 5.70. The van der Waals surface area contributed by atoms with Crippen LogP contribution in [0.1, 0.15) is 0 Å². The Bertz CT molecular complexity index is 849. The Balaban J connectivity index is 2.05. The fourth-order valence-corrected chi connectivity index (χ4v) is 2.00. The van der Waals surface area contributed by atoms with Crippen LogP contribution in [0.2, 0.25) is 5.28 Å². The van der Waals surface area contributed by atoms with Crippen LogP contribution in [0.25, 0.3) is 10.8 Å². The maximum absolute atomic E-state index is 13.7. The third-order valence-electron chi connectivity index (χ3n) is 2.75. The second-order valence-electron chi connectivity index (χ2n) is 4.06. The fraction of sp³-hybridized carbons (Fsp3) is 0. The monoisotopic (exact) mass is 290 g/mol. The largest absolute Gasteiger partial charge is 0.340 e. The molecule has 3 rings (SSSR count). The lowest BCUT2D eigenvalue weighted by atomic mass is 10.1. The number of aromatic nitrogens is 3. The molecule has 100 valence electrons. The first kappa shape index (κ1) is 12.6. The molecule has 0 radical (unpaired) electrons. The third-order valence-corrected chi connectivity index (χ3v) is 2.93. The van der Waals surface area contributed by atoms with Gasteiger partial charge in [-0.3, -0.25) is 4.79 Å². The number of aromatic amines is 1. The van der Waals surface area contributed by atoms with Gasteiger partial charge in [0.2, 0.25) is 5.28 Å². The molecule has 0 fully saturated rings. The molecule has 0 amide bonds. The molecule has 0 bridgehead atoms. The summed E-state index contributed by atoms with van der Waals surface area (Å²) >= 11 is 5.68. The van der Waals surface area contributed by atoms with E-state index in [1.54, 1.807) is 18.2 Å². The molecule has 1 aromatic carbocycles. The van der Waals surface area contributed by atoms with Crippen molar-refractivity contribution < 1.29 is 4.39 Å². The third kappa shape index (κ3) is 2.33. The van der Waals surface area contributed by atoms with Gasteiger partial charge in [-0.05, 0) is 35.9 Å². The molecule has 0 saturated heterocycles. The van der Waals surface area contributed by atoms with Crippen molar-refractivity contribution in [1.29, 1.82) is 0 Å². The van der Waals surface area contributed by atoms with Gasteiger partial charge in [0.05, 0.1) is 5.39 Å². The number of H-pyrrole nitrogens is 1. The second-order valence-corrected chi connectivity index (χ2v) is 4.40. The molecule has 20 heavy (non-hydrogen) atoms. The zero-order valence-electron chi connectivity index (χ0n) is 10.0. The predicted molar refractivity (Wildman–Crippen MR) is 74.9 cm³/mol. The van der Waals surface area contributed by atoms with Crippen LogP contribution in [0.5, 0.6) is 0 Å². The second kappa shape index (κ2) is 4.90. The molecule has 0 unspecified atom stereocenters. The lowest BCUT2D eigenvalue weighted by molar-refractivity contribution is 0.633. The van der Waals surface area contributed by atoms with E-state index in [1.165, 1.54) is 12.3 Å². The van der Waals surface area contributed by atoms with Crippen LogP contribution in [0.15, 0.2) is 41.5 Å². The molecular weight excluding hydrogens is 283 g/mol. The van der Waals surface area contributed by atoms with Crippen molar-refractivity contribution in [2.24, 2.45) is 0 Å². The predicted octanol–water partition coefficient (Wildman–Crippen LogP) is 2.85. The van der Waals surface area contributed by atoms with Gasteiger partial charge in [-0.25, -0.2) is 14.4 Å². The van der Waals surface area contributed by atoms with Gasteiger partial charge in [0, 0.05) is 23.5 Å². The average molecular weight is 291 g/mol. The molecule has 0 spiro atoms. The molecule has 0 saturated carbocycles. The van der Waals surface area contributed by atoms with Crippen molar-refractivity contribution in [3.05, 3.63) is 58.1 Å². The Hall–Kier alpha value is -2.47. The number of hydrogen-bond acceptors (Lipinski definition) is 4. The molecule has 7 heteroatoms. The molecule has 0 aliphatic heterocycles. The minimum Gasteiger partial charge on any atom is -0.340 e. The van der Waals surface area contributed by atoms with Crippen molar-refractivity contribution in [2.45, 2.75) is 0 Å². The zero-order chi connectivity index (χ0) is 14.1. The summed E-state index contributed by atoms with van der Waals surface area (Å²) in [6, 6.07) is 6.37. The first-order chi connectivity index (χ1) is 9.63. The molecule has 2 N–H and O–H groups in total. The number of rotatable bonds is 2. The Morgan fingerprint density at radius 1 is 1.25 bits per heavy atom. The average Bonchev–Trinajstić information content (AvgIpc) is 2.43. The minimum atomic E-state index is -0.496. The van der Waals surface area contributed by atoms with Gasteiger partial charge in [0.15, 0.2) is 0 Å². The molecule has 2 heterocycles. The van der Waals surface area contributed by atoms with Crippen molar-refractivity contribution in [2.75, 3.05) is 5.32 Å². The quantitative estimate of drug-likeness (QED) is 0.712. The van der Waals surface area contributed by atoms with E-state index in [0.717, 1.165) is 6.20 Å². The minimum absolute atomic E-state index is 0.110. The number of anilines is 2. The standard InChI is InChI=1S/C13H8ClFN4O/c14-13-16-4-3-11(19-13)18-7-1-2-8-9(5-7)10(15)6-17-12(8)20/h1-6H,(H,17,20)(H,16,18,19). The number of pyridine rings is 1. The molecule has 3 aromatic rings. The highest BCUT2D eigenvalue weighted by Gasteiger charge is 2.06. The van der Waals surface area contributed by atoms with Crippen LogP contribution < -0.4 is 10.9 Å². The summed E-state index contributed by atoms with van der Waals surface area (Å²) in [5, 5.41) is 3.60. The highest BCUT2D eigenvalue weighted by atomic mass is 35.5. The Labute approximate surface area is 117 Å². The maximum atomic E-state index is 13.7. The highest BCUT2D eigenvalue weighted by molar-refractivity contribution is 6.28. The highest BCUT2D eigenvalue weighted by Crippen LogP contribution is 2.21. The maximum Gasteiger partial charge on any atom is 0.256 e. The lowest BCUT2D eigenvalue weighted by Crippen LogP contribution is -2.06. The number of hydrogen-bond donors (Lipinski definition) is 2. The van der Waals surface area contributed by atoms with E-state index >= 15 is 0 Å². The zero-order valence-corrected chi connectivity index (χ0v) is 10.8. The first-order valence-corrected chi connectivity index (χ1v) is 6.08. The molecule has 0 atom stereocenters. The van der Waals surface area contributed by atoms with E-state index in [-0.39, 0.29) is 21.6 Å². The SMILES string of the molecule is O=c1[nH]cc(F)c2cc(Nc3ccnc(Cl)n3)ccc12. The van der Waals surface area contributed by atoms with Crippen LogP contribution >= 0.6 is 11.6 Å². The van der Waals surface area contributed by atoms with E-state index in [9.17, 15) is 9.18 Å². The Morgan fingerprint density at radius 3 is 2.90 bits per heavy atom. The van der Waals surface area contributed by atoms with Crippen molar-refractivity contribution in [3.63, 3.8) is 0 Å². The number of fused-ring (bicyclic) bond motifs is 1. The number of nitrogens with one attached hydrogen (secondary N) is 2. The van der Waals surface area contributed by atoms with Crippen LogP contribution in [0.3, 0.4) is 0 Å². The van der Waals surface area contributed by atoms with Crippen LogP contribution in [0.4, 0.5) is 15.9 Å². The number of nitrogens with zero attached hydrogens (tertiary/aromatic N) is 2. The fourth-order valence-electron chi connectivity index (χ4n) is 1.85. The number of benzene rings is 1. The van der Waals surface area contributed by atoms with Crippen molar-refractivity contribution in [3.8, 4) is 0 Å². The van der Waals surface area contributed by atoms with E-state index in [2.05, 4.69) is 20.3 Å². The van der Waals surface area contributed by atoms with Crippen molar-refractivity contribution >= 4 is 33.9 Å². The van der Waals surface area contributed by atoms with Gasteiger partial charge in [0.1, 0.15) is 11.6 Å². The van der Waals surface area contributed by atoms with Gasteiger partial charge in [-0.2, -0.15) is 0 Å². The number of halogens is 2. The molecule has 0 aliphatic carbocycles. The smallest absolute Gasteiger partial charge is 0.256 e. The van der Waals surface area contributed by atoms with E-state index < -0.39 is 5.82 Å². The Kier molecular flexibility index (Phi) is 3.08. The summed E-state index contributed by atoms with van der Waals surface area (Å²) in [5.41, 5.74) is 0.259. The normalized spacial score (nSPS) is 10.7. The summed E-state index contributed by atoms with van der Waals surface area (Å²) in [4.78, 5) is 21.6. The molecule has 2 aromatic heterocycles. The van der Waals surface area contributed by atoms with Gasteiger partial charge in [-0.15, -0.1) is 0 Å². The summed E-state index contributed by atoms with van der Waals surface area (Å²) in [5.74, 6) is -0.0152. The lowest BCUT2D eigenvalue weighted by Gasteiger charge is -2.07. The van der Waals surface area contributed by atoms with Crippen LogP contribution in [0, 0.1) is 5.82 Å². The van der Waals surface area contributed by atoms with Gasteiger partial charge in [0.25, 0.3) is 5.56 Å². The topological polar surface area (TPSA) is 70.7 Å².